The van der Waals surface area contributed by atoms with E-state index in [1.54, 1.807) is 19.2 Å². The Kier molecular flexibility index (Phi) is 7.31. The number of methoxy groups -OCH3 is 1. The van der Waals surface area contributed by atoms with Crippen molar-refractivity contribution in [3.05, 3.63) is 23.7 Å². The van der Waals surface area contributed by atoms with Gasteiger partial charge in [0, 0.05) is 19.6 Å². The summed E-state index contributed by atoms with van der Waals surface area (Å²) in [7, 11) is 1.56. The topological polar surface area (TPSA) is 88.8 Å². The molecular weight excluding hydrogens is 310 g/mol. The van der Waals surface area contributed by atoms with Gasteiger partial charge in [0.15, 0.2) is 5.76 Å². The first-order chi connectivity index (χ1) is 11.6. The van der Waals surface area contributed by atoms with Gasteiger partial charge in [-0.25, -0.2) is 0 Å². The summed E-state index contributed by atoms with van der Waals surface area (Å²) < 4.78 is 10.4. The molecule has 1 atom stereocenters. The Bertz CT molecular complexity index is 533. The molecule has 6 nitrogen and oxygen atoms in total. The van der Waals surface area contributed by atoms with Crippen molar-refractivity contribution in [2.45, 2.75) is 64.0 Å². The van der Waals surface area contributed by atoms with E-state index in [0.717, 1.165) is 19.3 Å². The lowest BCUT2D eigenvalue weighted by Gasteiger charge is -2.26. The minimum absolute atomic E-state index is 0.0603. The van der Waals surface area contributed by atoms with E-state index in [9.17, 15) is 9.59 Å². The minimum atomic E-state index is -0.835. The fraction of sp³-hybridized carbons (Fsp3) is 0.667. The summed E-state index contributed by atoms with van der Waals surface area (Å²) in [6.07, 6.45) is 7.40. The molecule has 1 fully saturated rings. The minimum Gasteiger partial charge on any atom is -0.481 e. The summed E-state index contributed by atoms with van der Waals surface area (Å²) in [5.74, 6) is 0.281. The van der Waals surface area contributed by atoms with Crippen LogP contribution in [0.25, 0.3) is 0 Å². The molecule has 1 aromatic heterocycles. The maximum absolute atomic E-state index is 12.4. The highest BCUT2D eigenvalue weighted by Crippen LogP contribution is 2.28. The van der Waals surface area contributed by atoms with Gasteiger partial charge in [-0.1, -0.05) is 32.1 Å². The maximum atomic E-state index is 12.4. The number of amides is 1. The molecule has 6 heteroatoms. The van der Waals surface area contributed by atoms with Crippen molar-refractivity contribution in [2.24, 2.45) is 5.92 Å². The van der Waals surface area contributed by atoms with Gasteiger partial charge in [-0.05, 0) is 30.9 Å². The molecule has 1 heterocycles. The highest BCUT2D eigenvalue weighted by molar-refractivity contribution is 5.91. The Hall–Kier alpha value is -1.82. The molecule has 1 amide bonds. The lowest BCUT2D eigenvalue weighted by atomic mass is 9.84. The van der Waals surface area contributed by atoms with Gasteiger partial charge < -0.3 is 19.6 Å². The number of hydrogen-bond acceptors (Lipinski definition) is 4. The molecule has 0 spiro atoms. The quantitative estimate of drug-likeness (QED) is 0.721. The second kappa shape index (κ2) is 9.47. The molecule has 1 aromatic rings. The summed E-state index contributed by atoms with van der Waals surface area (Å²) in [6, 6.07) is 3.21. The SMILES string of the molecule is COCc1ccc(C(=O)NC(CCC(=O)O)CC2CCCCC2)o1. The third-order valence-corrected chi connectivity index (χ3v) is 4.56. The van der Waals surface area contributed by atoms with Crippen molar-refractivity contribution in [3.63, 3.8) is 0 Å². The standard InChI is InChI=1S/C18H27NO5/c1-23-12-15-8-9-16(24-15)18(22)19-14(7-10-17(20)21)11-13-5-3-2-4-6-13/h8-9,13-14H,2-7,10-12H2,1H3,(H,19,22)(H,20,21). The third-order valence-electron chi connectivity index (χ3n) is 4.56. The number of carboxylic acids is 1. The van der Waals surface area contributed by atoms with Gasteiger partial charge in [0.05, 0.1) is 0 Å². The van der Waals surface area contributed by atoms with Crippen molar-refractivity contribution < 1.29 is 23.8 Å². The van der Waals surface area contributed by atoms with Crippen molar-refractivity contribution in [3.8, 4) is 0 Å². The number of hydrogen-bond donors (Lipinski definition) is 2. The van der Waals surface area contributed by atoms with Crippen LogP contribution in [-0.4, -0.2) is 30.1 Å². The van der Waals surface area contributed by atoms with Gasteiger partial charge in [0.1, 0.15) is 12.4 Å². The van der Waals surface area contributed by atoms with Crippen LogP contribution < -0.4 is 5.32 Å². The van der Waals surface area contributed by atoms with E-state index in [2.05, 4.69) is 5.32 Å². The van der Waals surface area contributed by atoms with Crippen LogP contribution >= 0.6 is 0 Å². The number of aliphatic carboxylic acids is 1. The van der Waals surface area contributed by atoms with E-state index in [0.29, 0.717) is 24.7 Å². The molecule has 134 valence electrons. The summed E-state index contributed by atoms with van der Waals surface area (Å²) in [5.41, 5.74) is 0. The Balaban J connectivity index is 1.93. The summed E-state index contributed by atoms with van der Waals surface area (Å²) >= 11 is 0. The number of carboxylic acid groups (broad SMARTS) is 1. The zero-order valence-corrected chi connectivity index (χ0v) is 14.3. The summed E-state index contributed by atoms with van der Waals surface area (Å²) in [4.78, 5) is 23.2. The van der Waals surface area contributed by atoms with Crippen LogP contribution in [0.5, 0.6) is 0 Å². The Morgan fingerprint density at radius 1 is 1.33 bits per heavy atom. The molecule has 0 aromatic carbocycles. The molecule has 0 aliphatic heterocycles. The lowest BCUT2D eigenvalue weighted by molar-refractivity contribution is -0.137. The smallest absolute Gasteiger partial charge is 0.303 e. The molecule has 1 aliphatic rings. The molecule has 1 aliphatic carbocycles. The van der Waals surface area contributed by atoms with Gasteiger partial charge in [-0.2, -0.15) is 0 Å². The molecule has 0 saturated heterocycles. The first-order valence-electron chi connectivity index (χ1n) is 8.68. The van der Waals surface area contributed by atoms with Crippen LogP contribution in [0.1, 0.15) is 67.7 Å². The Morgan fingerprint density at radius 2 is 2.08 bits per heavy atom. The fourth-order valence-electron chi connectivity index (χ4n) is 3.35. The molecule has 0 radical (unpaired) electrons. The van der Waals surface area contributed by atoms with Gasteiger partial charge in [0.2, 0.25) is 0 Å². The average Bonchev–Trinajstić information content (AvgIpc) is 3.03. The maximum Gasteiger partial charge on any atom is 0.303 e. The highest BCUT2D eigenvalue weighted by atomic mass is 16.5. The number of carbonyl (C=O) groups is 2. The summed E-state index contributed by atoms with van der Waals surface area (Å²) in [5, 5.41) is 11.9. The van der Waals surface area contributed by atoms with Crippen molar-refractivity contribution >= 4 is 11.9 Å². The molecular formula is C18H27NO5. The first-order valence-corrected chi connectivity index (χ1v) is 8.68. The average molecular weight is 337 g/mol. The highest BCUT2D eigenvalue weighted by Gasteiger charge is 2.22. The molecule has 2 rings (SSSR count). The van der Waals surface area contributed by atoms with Gasteiger partial charge in [-0.15, -0.1) is 0 Å². The van der Waals surface area contributed by atoms with Crippen LogP contribution in [0.15, 0.2) is 16.5 Å². The van der Waals surface area contributed by atoms with Crippen molar-refractivity contribution in [2.75, 3.05) is 7.11 Å². The van der Waals surface area contributed by atoms with E-state index >= 15 is 0 Å². The van der Waals surface area contributed by atoms with Crippen molar-refractivity contribution in [1.29, 1.82) is 0 Å². The number of ether oxygens (including phenoxy) is 1. The predicted octanol–water partition coefficient (Wildman–Crippen LogP) is 3.36. The predicted molar refractivity (Wildman–Crippen MR) is 88.7 cm³/mol. The van der Waals surface area contributed by atoms with Crippen LogP contribution in [0.2, 0.25) is 0 Å². The van der Waals surface area contributed by atoms with Gasteiger partial charge in [0.25, 0.3) is 5.91 Å². The van der Waals surface area contributed by atoms with E-state index in [4.69, 9.17) is 14.3 Å². The Morgan fingerprint density at radius 3 is 2.75 bits per heavy atom. The first kappa shape index (κ1) is 18.5. The fourth-order valence-corrected chi connectivity index (χ4v) is 3.35. The number of nitrogens with one attached hydrogen (secondary N) is 1. The molecule has 1 unspecified atom stereocenters. The number of carbonyl (C=O) groups excluding carboxylic acids is 1. The second-order valence-electron chi connectivity index (χ2n) is 6.54. The zero-order chi connectivity index (χ0) is 17.4. The van der Waals surface area contributed by atoms with E-state index in [-0.39, 0.29) is 24.1 Å². The van der Waals surface area contributed by atoms with Crippen LogP contribution in [-0.2, 0) is 16.1 Å². The zero-order valence-electron chi connectivity index (χ0n) is 14.3. The monoisotopic (exact) mass is 337 g/mol. The molecule has 24 heavy (non-hydrogen) atoms. The molecule has 0 bridgehead atoms. The van der Waals surface area contributed by atoms with Crippen molar-refractivity contribution in [1.82, 2.24) is 5.32 Å². The molecule has 1 saturated carbocycles. The molecule has 2 N–H and O–H groups in total. The van der Waals surface area contributed by atoms with Crippen LogP contribution in [0.3, 0.4) is 0 Å². The van der Waals surface area contributed by atoms with Gasteiger partial charge >= 0.3 is 5.97 Å². The largest absolute Gasteiger partial charge is 0.481 e. The normalized spacial score (nSPS) is 16.7. The van der Waals surface area contributed by atoms with E-state index in [1.165, 1.54) is 19.3 Å². The van der Waals surface area contributed by atoms with E-state index < -0.39 is 5.97 Å². The number of rotatable bonds is 9. The van der Waals surface area contributed by atoms with Crippen LogP contribution in [0.4, 0.5) is 0 Å². The van der Waals surface area contributed by atoms with E-state index in [1.807, 2.05) is 0 Å². The lowest BCUT2D eigenvalue weighted by Crippen LogP contribution is -2.37. The second-order valence-corrected chi connectivity index (χ2v) is 6.54. The van der Waals surface area contributed by atoms with Crippen LogP contribution in [0, 0.1) is 5.92 Å². The summed E-state index contributed by atoms with van der Waals surface area (Å²) in [6.45, 7) is 0.317. The Labute approximate surface area is 142 Å². The number of furan rings is 1. The van der Waals surface area contributed by atoms with Gasteiger partial charge in [-0.3, -0.25) is 9.59 Å². The third kappa shape index (κ3) is 6.00.